The van der Waals surface area contributed by atoms with Crippen LogP contribution in [-0.2, 0) is 9.53 Å². The second-order valence-corrected chi connectivity index (χ2v) is 2.78. The van der Waals surface area contributed by atoms with E-state index in [4.69, 9.17) is 5.11 Å². The van der Waals surface area contributed by atoms with Crippen LogP contribution in [-0.4, -0.2) is 23.8 Å². The second-order valence-electron chi connectivity index (χ2n) is 2.78. The Morgan fingerprint density at radius 1 is 1.50 bits per heavy atom. The molecule has 12 heavy (non-hydrogen) atoms. The Morgan fingerprint density at radius 2 is 2.00 bits per heavy atom. The van der Waals surface area contributed by atoms with Gasteiger partial charge in [0.05, 0.1) is 12.5 Å². The van der Waals surface area contributed by atoms with Crippen molar-refractivity contribution in [1.29, 1.82) is 0 Å². The van der Waals surface area contributed by atoms with Crippen LogP contribution < -0.4 is 0 Å². The molecule has 0 bridgehead atoms. The van der Waals surface area contributed by atoms with Crippen molar-refractivity contribution in [2.45, 2.75) is 33.0 Å². The SMILES string of the molecule is CC(C)C(CC(=O)O)OC(F)F. The van der Waals surface area contributed by atoms with Gasteiger partial charge >= 0.3 is 12.6 Å². The molecule has 0 spiro atoms. The van der Waals surface area contributed by atoms with Gasteiger partial charge < -0.3 is 9.84 Å². The van der Waals surface area contributed by atoms with Gasteiger partial charge in [-0.2, -0.15) is 8.78 Å². The lowest BCUT2D eigenvalue weighted by Gasteiger charge is -2.18. The summed E-state index contributed by atoms with van der Waals surface area (Å²) in [7, 11) is 0. The highest BCUT2D eigenvalue weighted by atomic mass is 19.3. The van der Waals surface area contributed by atoms with Crippen LogP contribution in [0, 0.1) is 5.92 Å². The monoisotopic (exact) mass is 182 g/mol. The summed E-state index contributed by atoms with van der Waals surface area (Å²) in [6.07, 6.45) is -1.30. The molecule has 0 saturated carbocycles. The molecule has 0 aromatic rings. The van der Waals surface area contributed by atoms with Crippen molar-refractivity contribution in [3.05, 3.63) is 0 Å². The van der Waals surface area contributed by atoms with E-state index in [0.717, 1.165) is 0 Å². The second kappa shape index (κ2) is 5.03. The van der Waals surface area contributed by atoms with E-state index in [1.54, 1.807) is 13.8 Å². The molecule has 5 heteroatoms. The maximum absolute atomic E-state index is 11.7. The summed E-state index contributed by atoms with van der Waals surface area (Å²) in [5, 5.41) is 8.32. The van der Waals surface area contributed by atoms with Crippen molar-refractivity contribution < 1.29 is 23.4 Å². The molecule has 1 N–H and O–H groups in total. The van der Waals surface area contributed by atoms with E-state index in [2.05, 4.69) is 4.74 Å². The number of aliphatic carboxylic acids is 1. The summed E-state index contributed by atoms with van der Waals surface area (Å²) >= 11 is 0. The van der Waals surface area contributed by atoms with Crippen LogP contribution in [0.2, 0.25) is 0 Å². The number of ether oxygens (including phenoxy) is 1. The average Bonchev–Trinajstić information content (AvgIpc) is 1.83. The van der Waals surface area contributed by atoms with Crippen LogP contribution >= 0.6 is 0 Å². The van der Waals surface area contributed by atoms with E-state index in [-0.39, 0.29) is 12.3 Å². The number of alkyl halides is 2. The van der Waals surface area contributed by atoms with E-state index < -0.39 is 18.7 Å². The highest BCUT2D eigenvalue weighted by molar-refractivity contribution is 5.67. The number of carboxylic acid groups (broad SMARTS) is 1. The minimum absolute atomic E-state index is 0.227. The average molecular weight is 182 g/mol. The number of carboxylic acids is 1. The van der Waals surface area contributed by atoms with Gasteiger partial charge in [-0.3, -0.25) is 4.79 Å². The zero-order chi connectivity index (χ0) is 9.72. The molecule has 0 aliphatic carbocycles. The Labute approximate surface area is 69.3 Å². The van der Waals surface area contributed by atoms with Gasteiger partial charge in [-0.1, -0.05) is 13.8 Å². The molecule has 0 fully saturated rings. The Kier molecular flexibility index (Phi) is 4.73. The van der Waals surface area contributed by atoms with Crippen molar-refractivity contribution in [2.24, 2.45) is 5.92 Å². The molecule has 0 saturated heterocycles. The minimum Gasteiger partial charge on any atom is -0.481 e. The van der Waals surface area contributed by atoms with Crippen molar-refractivity contribution in [2.75, 3.05) is 0 Å². The zero-order valence-corrected chi connectivity index (χ0v) is 6.96. The molecule has 1 unspecified atom stereocenters. The number of hydrogen-bond acceptors (Lipinski definition) is 2. The van der Waals surface area contributed by atoms with Crippen LogP contribution in [0.1, 0.15) is 20.3 Å². The van der Waals surface area contributed by atoms with Crippen LogP contribution in [0.4, 0.5) is 8.78 Å². The normalized spacial score (nSPS) is 13.8. The fourth-order valence-electron chi connectivity index (χ4n) is 0.745. The topological polar surface area (TPSA) is 46.5 Å². The maximum atomic E-state index is 11.7. The summed E-state index contributed by atoms with van der Waals surface area (Å²) in [6.45, 7) is 0.364. The van der Waals surface area contributed by atoms with Gasteiger partial charge in [0.1, 0.15) is 0 Å². The minimum atomic E-state index is -2.91. The molecule has 0 aromatic carbocycles. The first-order valence-corrected chi connectivity index (χ1v) is 3.59. The third-order valence-corrected chi connectivity index (χ3v) is 1.40. The Bertz CT molecular complexity index is 148. The number of carbonyl (C=O) groups is 1. The molecule has 1 atom stereocenters. The van der Waals surface area contributed by atoms with E-state index in [1.165, 1.54) is 0 Å². The van der Waals surface area contributed by atoms with Gasteiger partial charge in [-0.25, -0.2) is 0 Å². The molecule has 0 aliphatic rings. The molecular weight excluding hydrogens is 170 g/mol. The van der Waals surface area contributed by atoms with Gasteiger partial charge in [0.25, 0.3) is 0 Å². The fourth-order valence-corrected chi connectivity index (χ4v) is 0.745. The highest BCUT2D eigenvalue weighted by Gasteiger charge is 2.21. The lowest BCUT2D eigenvalue weighted by molar-refractivity contribution is -0.180. The Morgan fingerprint density at radius 3 is 2.25 bits per heavy atom. The third-order valence-electron chi connectivity index (χ3n) is 1.40. The fraction of sp³-hybridized carbons (Fsp3) is 0.857. The van der Waals surface area contributed by atoms with Crippen molar-refractivity contribution >= 4 is 5.97 Å². The first kappa shape index (κ1) is 11.3. The predicted molar refractivity (Wildman–Crippen MR) is 38.0 cm³/mol. The Hall–Kier alpha value is -0.710. The highest BCUT2D eigenvalue weighted by Crippen LogP contribution is 2.14. The van der Waals surface area contributed by atoms with Gasteiger partial charge in [-0.15, -0.1) is 0 Å². The van der Waals surface area contributed by atoms with E-state index >= 15 is 0 Å². The number of halogens is 2. The number of rotatable bonds is 5. The molecule has 0 aliphatic heterocycles. The van der Waals surface area contributed by atoms with Gasteiger partial charge in [0, 0.05) is 0 Å². The van der Waals surface area contributed by atoms with Gasteiger partial charge in [0.2, 0.25) is 0 Å². The molecule has 72 valence electrons. The molecular formula is C7H12F2O3. The van der Waals surface area contributed by atoms with Crippen LogP contribution in [0.3, 0.4) is 0 Å². The maximum Gasteiger partial charge on any atom is 0.345 e. The lowest BCUT2D eigenvalue weighted by atomic mass is 10.0. The largest absolute Gasteiger partial charge is 0.481 e. The van der Waals surface area contributed by atoms with E-state index in [1.807, 2.05) is 0 Å². The standard InChI is InChI=1S/C7H12F2O3/c1-4(2)5(3-6(10)11)12-7(8)9/h4-5,7H,3H2,1-2H3,(H,10,11). The quantitative estimate of drug-likeness (QED) is 0.704. The van der Waals surface area contributed by atoms with Crippen LogP contribution in [0.15, 0.2) is 0 Å². The summed E-state index contributed by atoms with van der Waals surface area (Å²) in [5.41, 5.74) is 0. The van der Waals surface area contributed by atoms with Crippen LogP contribution in [0.25, 0.3) is 0 Å². The number of hydrogen-bond donors (Lipinski definition) is 1. The predicted octanol–water partition coefficient (Wildman–Crippen LogP) is 1.72. The summed E-state index contributed by atoms with van der Waals surface area (Å²) in [4.78, 5) is 10.2. The van der Waals surface area contributed by atoms with Crippen molar-refractivity contribution in [1.82, 2.24) is 0 Å². The summed E-state index contributed by atoms with van der Waals surface area (Å²) in [5.74, 6) is -1.36. The third kappa shape index (κ3) is 5.01. The summed E-state index contributed by atoms with van der Waals surface area (Å²) < 4.78 is 27.5. The van der Waals surface area contributed by atoms with Crippen molar-refractivity contribution in [3.63, 3.8) is 0 Å². The van der Waals surface area contributed by atoms with Crippen LogP contribution in [0.5, 0.6) is 0 Å². The Balaban J connectivity index is 3.95. The summed E-state index contributed by atoms with van der Waals surface area (Å²) in [6, 6.07) is 0. The van der Waals surface area contributed by atoms with Gasteiger partial charge in [0.15, 0.2) is 0 Å². The molecule has 0 rings (SSSR count). The zero-order valence-electron chi connectivity index (χ0n) is 6.96. The van der Waals surface area contributed by atoms with E-state index in [0.29, 0.717) is 0 Å². The molecule has 3 nitrogen and oxygen atoms in total. The molecule has 0 radical (unpaired) electrons. The van der Waals surface area contributed by atoms with Crippen molar-refractivity contribution in [3.8, 4) is 0 Å². The smallest absolute Gasteiger partial charge is 0.345 e. The molecule has 0 heterocycles. The lowest BCUT2D eigenvalue weighted by Crippen LogP contribution is -2.25. The van der Waals surface area contributed by atoms with E-state index in [9.17, 15) is 13.6 Å². The first-order chi connectivity index (χ1) is 5.43. The van der Waals surface area contributed by atoms with Gasteiger partial charge in [-0.05, 0) is 5.92 Å². The molecule has 0 aromatic heterocycles. The first-order valence-electron chi connectivity index (χ1n) is 3.59. The molecule has 0 amide bonds.